The van der Waals surface area contributed by atoms with E-state index in [1.54, 1.807) is 4.40 Å². The lowest BCUT2D eigenvalue weighted by atomic mass is 10.2. The van der Waals surface area contributed by atoms with Gasteiger partial charge in [-0.2, -0.15) is 0 Å². The first-order chi connectivity index (χ1) is 14.5. The number of para-hydroxylation sites is 1. The molecule has 0 saturated heterocycles. The third-order valence-electron chi connectivity index (χ3n) is 4.73. The lowest BCUT2D eigenvalue weighted by Crippen LogP contribution is -2.23. The van der Waals surface area contributed by atoms with Crippen molar-refractivity contribution < 1.29 is 9.18 Å². The van der Waals surface area contributed by atoms with Crippen LogP contribution in [0.4, 0.5) is 10.1 Å². The van der Waals surface area contributed by atoms with Gasteiger partial charge < -0.3 is 5.32 Å². The van der Waals surface area contributed by atoms with E-state index in [0.717, 1.165) is 11.3 Å². The zero-order valence-corrected chi connectivity index (χ0v) is 17.4. The maximum atomic E-state index is 13.8. The van der Waals surface area contributed by atoms with E-state index in [-0.39, 0.29) is 22.6 Å². The van der Waals surface area contributed by atoms with Crippen LogP contribution < -0.4 is 10.9 Å². The summed E-state index contributed by atoms with van der Waals surface area (Å²) in [6.07, 6.45) is 0.713. The molecule has 0 aliphatic heterocycles. The molecule has 0 spiro atoms. The van der Waals surface area contributed by atoms with Crippen LogP contribution in [-0.2, 0) is 11.3 Å². The van der Waals surface area contributed by atoms with Crippen LogP contribution >= 0.6 is 11.8 Å². The minimum atomic E-state index is -0.484. The molecule has 9 heteroatoms. The zero-order valence-electron chi connectivity index (χ0n) is 16.6. The first kappa shape index (κ1) is 20.1. The van der Waals surface area contributed by atoms with Gasteiger partial charge in [0.1, 0.15) is 5.82 Å². The van der Waals surface area contributed by atoms with Gasteiger partial charge in [0.15, 0.2) is 5.16 Å². The van der Waals surface area contributed by atoms with Gasteiger partial charge in [0.2, 0.25) is 11.7 Å². The van der Waals surface area contributed by atoms with Gasteiger partial charge in [0, 0.05) is 12.2 Å². The molecular weight excluding hydrogens is 405 g/mol. The number of halogens is 1. The fourth-order valence-electron chi connectivity index (χ4n) is 3.31. The average molecular weight is 425 g/mol. The average Bonchev–Trinajstić information content (AvgIpc) is 3.15. The monoisotopic (exact) mass is 425 g/mol. The van der Waals surface area contributed by atoms with Crippen LogP contribution in [0.15, 0.2) is 52.4 Å². The third-order valence-corrected chi connectivity index (χ3v) is 5.66. The van der Waals surface area contributed by atoms with Gasteiger partial charge in [-0.05, 0) is 43.2 Å². The molecule has 0 radical (unpaired) electrons. The molecule has 1 amide bonds. The zero-order chi connectivity index (χ0) is 21.3. The molecule has 0 atom stereocenters. The maximum Gasteiger partial charge on any atom is 0.262 e. The summed E-state index contributed by atoms with van der Waals surface area (Å²) in [5.41, 5.74) is 1.93. The van der Waals surface area contributed by atoms with Crippen molar-refractivity contribution in [3.63, 3.8) is 0 Å². The standard InChI is InChI=1S/C21H20FN5O2S/c1-3-10-26-19(29)15-11-14(22)8-9-17(15)27-20(26)24-25-21(27)30-12-18(28)23-16-7-5-4-6-13(16)2/h4-9,11H,3,10,12H2,1-2H3,(H,23,28). The van der Waals surface area contributed by atoms with E-state index in [9.17, 15) is 14.0 Å². The molecule has 2 heterocycles. The predicted molar refractivity (Wildman–Crippen MR) is 116 cm³/mol. The van der Waals surface area contributed by atoms with Gasteiger partial charge in [-0.25, -0.2) is 4.39 Å². The number of rotatable bonds is 6. The number of aryl methyl sites for hydroxylation is 2. The molecular formula is C21H20FN5O2S. The summed E-state index contributed by atoms with van der Waals surface area (Å²) in [7, 11) is 0. The summed E-state index contributed by atoms with van der Waals surface area (Å²) < 4.78 is 17.0. The quantitative estimate of drug-likeness (QED) is 0.477. The Bertz CT molecular complexity index is 1310. The fraction of sp³-hybridized carbons (Fsp3) is 0.238. The second-order valence-corrected chi connectivity index (χ2v) is 7.83. The number of amides is 1. The molecule has 0 unspecified atom stereocenters. The van der Waals surface area contributed by atoms with Crippen molar-refractivity contribution in [1.82, 2.24) is 19.2 Å². The Kier molecular flexibility index (Phi) is 5.54. The fourth-order valence-corrected chi connectivity index (χ4v) is 4.05. The second kappa shape index (κ2) is 8.27. The van der Waals surface area contributed by atoms with Crippen LogP contribution in [0.3, 0.4) is 0 Å². The molecule has 7 nitrogen and oxygen atoms in total. The molecule has 4 aromatic rings. The summed E-state index contributed by atoms with van der Waals surface area (Å²) in [5.74, 6) is -0.169. The van der Waals surface area contributed by atoms with Gasteiger partial charge in [0.05, 0.1) is 16.7 Å². The van der Waals surface area contributed by atoms with E-state index in [4.69, 9.17) is 0 Å². The highest BCUT2D eigenvalue weighted by atomic mass is 32.2. The number of aromatic nitrogens is 4. The van der Waals surface area contributed by atoms with Crippen LogP contribution in [0.5, 0.6) is 0 Å². The molecule has 0 aliphatic rings. The first-order valence-corrected chi connectivity index (χ1v) is 10.5. The highest BCUT2D eigenvalue weighted by Gasteiger charge is 2.18. The number of carbonyl (C=O) groups is 1. The van der Waals surface area contributed by atoms with Crippen molar-refractivity contribution in [2.24, 2.45) is 0 Å². The number of thioether (sulfide) groups is 1. The van der Waals surface area contributed by atoms with Crippen molar-refractivity contribution in [1.29, 1.82) is 0 Å². The van der Waals surface area contributed by atoms with Gasteiger partial charge in [-0.3, -0.25) is 18.6 Å². The van der Waals surface area contributed by atoms with Crippen molar-refractivity contribution >= 4 is 40.0 Å². The Morgan fingerprint density at radius 3 is 2.77 bits per heavy atom. The Labute approximate surface area is 175 Å². The third kappa shape index (κ3) is 3.68. The summed E-state index contributed by atoms with van der Waals surface area (Å²) in [5, 5.41) is 12.0. The topological polar surface area (TPSA) is 81.3 Å². The largest absolute Gasteiger partial charge is 0.325 e. The maximum absolute atomic E-state index is 13.8. The number of nitrogens with one attached hydrogen (secondary N) is 1. The van der Waals surface area contributed by atoms with Gasteiger partial charge in [0.25, 0.3) is 5.56 Å². The number of hydrogen-bond acceptors (Lipinski definition) is 5. The summed E-state index contributed by atoms with van der Waals surface area (Å²) >= 11 is 1.21. The lowest BCUT2D eigenvalue weighted by Gasteiger charge is -2.11. The lowest BCUT2D eigenvalue weighted by molar-refractivity contribution is -0.113. The van der Waals surface area contributed by atoms with Gasteiger partial charge in [-0.1, -0.05) is 36.9 Å². The number of nitrogens with zero attached hydrogens (tertiary/aromatic N) is 4. The molecule has 0 saturated carbocycles. The SMILES string of the molecule is CCCn1c(=O)c2cc(F)ccc2n2c(SCC(=O)Nc3ccccc3C)nnc12. The van der Waals surface area contributed by atoms with E-state index in [2.05, 4.69) is 15.5 Å². The van der Waals surface area contributed by atoms with E-state index in [1.807, 2.05) is 38.1 Å². The molecule has 0 fully saturated rings. The molecule has 2 aromatic heterocycles. The highest BCUT2D eigenvalue weighted by molar-refractivity contribution is 7.99. The van der Waals surface area contributed by atoms with Crippen molar-refractivity contribution in [3.8, 4) is 0 Å². The number of anilines is 1. The molecule has 154 valence electrons. The molecule has 1 N–H and O–H groups in total. The molecule has 4 rings (SSSR count). The molecule has 30 heavy (non-hydrogen) atoms. The van der Waals surface area contributed by atoms with Gasteiger partial charge >= 0.3 is 0 Å². The van der Waals surface area contributed by atoms with Crippen molar-refractivity contribution in [2.75, 3.05) is 11.1 Å². The van der Waals surface area contributed by atoms with Crippen LogP contribution in [0, 0.1) is 12.7 Å². The Morgan fingerprint density at radius 2 is 2.00 bits per heavy atom. The Balaban J connectivity index is 1.70. The highest BCUT2D eigenvalue weighted by Crippen LogP contribution is 2.23. The summed E-state index contributed by atoms with van der Waals surface area (Å²) in [4.78, 5) is 25.3. The van der Waals surface area contributed by atoms with E-state index >= 15 is 0 Å². The first-order valence-electron chi connectivity index (χ1n) is 9.55. The van der Waals surface area contributed by atoms with Crippen molar-refractivity contribution in [3.05, 3.63) is 64.2 Å². The minimum Gasteiger partial charge on any atom is -0.325 e. The van der Waals surface area contributed by atoms with Crippen LogP contribution in [0.1, 0.15) is 18.9 Å². The van der Waals surface area contributed by atoms with E-state index in [1.165, 1.54) is 34.5 Å². The Hall–Kier alpha value is -3.20. The van der Waals surface area contributed by atoms with Crippen LogP contribution in [0.2, 0.25) is 0 Å². The summed E-state index contributed by atoms with van der Waals surface area (Å²) in [6.45, 7) is 4.30. The molecule has 2 aromatic carbocycles. The predicted octanol–water partition coefficient (Wildman–Crippen LogP) is 3.63. The smallest absolute Gasteiger partial charge is 0.262 e. The van der Waals surface area contributed by atoms with E-state index in [0.29, 0.717) is 29.4 Å². The number of fused-ring (bicyclic) bond motifs is 3. The summed E-state index contributed by atoms with van der Waals surface area (Å²) in [6, 6.07) is 11.6. The Morgan fingerprint density at radius 1 is 1.20 bits per heavy atom. The number of hydrogen-bond donors (Lipinski definition) is 1. The number of carbonyl (C=O) groups excluding carboxylic acids is 1. The van der Waals surface area contributed by atoms with Crippen LogP contribution in [0.25, 0.3) is 16.7 Å². The second-order valence-electron chi connectivity index (χ2n) is 6.89. The number of benzene rings is 2. The van der Waals surface area contributed by atoms with Crippen molar-refractivity contribution in [2.45, 2.75) is 32.0 Å². The minimum absolute atomic E-state index is 0.116. The molecule has 0 aliphatic carbocycles. The molecule has 0 bridgehead atoms. The van der Waals surface area contributed by atoms with Gasteiger partial charge in [-0.15, -0.1) is 10.2 Å². The van der Waals surface area contributed by atoms with E-state index < -0.39 is 5.82 Å². The van der Waals surface area contributed by atoms with Crippen LogP contribution in [-0.4, -0.2) is 30.8 Å². The normalized spacial score (nSPS) is 11.3.